The lowest BCUT2D eigenvalue weighted by Gasteiger charge is -2.39. The van der Waals surface area contributed by atoms with E-state index >= 15 is 0 Å². The Labute approximate surface area is 168 Å². The van der Waals surface area contributed by atoms with E-state index in [2.05, 4.69) is 16.8 Å². The molecule has 142 valence electrons. The second kappa shape index (κ2) is 7.08. The van der Waals surface area contributed by atoms with Crippen molar-refractivity contribution >= 4 is 17.2 Å². The summed E-state index contributed by atoms with van der Waals surface area (Å²) in [4.78, 5) is 14.9. The molecule has 28 heavy (non-hydrogen) atoms. The molecule has 5 rings (SSSR count). The number of hydrogen-bond donors (Lipinski definition) is 1. The van der Waals surface area contributed by atoms with E-state index in [4.69, 9.17) is 9.47 Å². The predicted molar refractivity (Wildman–Crippen MR) is 109 cm³/mol. The number of hydrogen-bond acceptors (Lipinski definition) is 4. The second-order valence-corrected chi connectivity index (χ2v) is 8.22. The van der Waals surface area contributed by atoms with E-state index in [1.807, 2.05) is 54.6 Å². The van der Waals surface area contributed by atoms with Gasteiger partial charge >= 0.3 is 0 Å². The Morgan fingerprint density at radius 1 is 0.929 bits per heavy atom. The molecule has 0 saturated carbocycles. The molecule has 0 bridgehead atoms. The predicted octanol–water partition coefficient (Wildman–Crippen LogP) is 4.81. The summed E-state index contributed by atoms with van der Waals surface area (Å²) >= 11 is 1.69. The quantitative estimate of drug-likeness (QED) is 0.697. The van der Waals surface area contributed by atoms with Crippen molar-refractivity contribution in [3.8, 4) is 11.5 Å². The minimum absolute atomic E-state index is 0.0125. The molecule has 1 aromatic heterocycles. The third-order valence-electron chi connectivity index (χ3n) is 5.64. The largest absolute Gasteiger partial charge is 0.457 e. The summed E-state index contributed by atoms with van der Waals surface area (Å²) in [5.74, 6) is 1.12. The average Bonchev–Trinajstić information content (AvgIpc) is 3.28. The van der Waals surface area contributed by atoms with Crippen LogP contribution in [0.15, 0.2) is 66.0 Å². The molecule has 3 aromatic rings. The summed E-state index contributed by atoms with van der Waals surface area (Å²) < 4.78 is 11.6. The van der Waals surface area contributed by atoms with E-state index in [0.29, 0.717) is 13.2 Å². The molecular weight excluding hydrogens is 370 g/mol. The van der Waals surface area contributed by atoms with Crippen LogP contribution in [-0.2, 0) is 15.1 Å². The van der Waals surface area contributed by atoms with Crippen LogP contribution in [0.5, 0.6) is 11.5 Å². The zero-order valence-electron chi connectivity index (χ0n) is 15.4. The lowest BCUT2D eigenvalue weighted by atomic mass is 9.84. The SMILES string of the molecule is O=C(NC1(c2cccs2)CCOCC1)C1c2ccccc2Oc2ccccc21. The Kier molecular flexibility index (Phi) is 4.41. The van der Waals surface area contributed by atoms with Gasteiger partial charge in [-0.05, 0) is 36.4 Å². The fraction of sp³-hybridized carbons (Fsp3) is 0.261. The molecule has 0 radical (unpaired) electrons. The summed E-state index contributed by atoms with van der Waals surface area (Å²) in [6.45, 7) is 1.30. The highest BCUT2D eigenvalue weighted by Gasteiger charge is 2.41. The first-order valence-electron chi connectivity index (χ1n) is 9.56. The number of para-hydroxylation sites is 2. The van der Waals surface area contributed by atoms with Crippen molar-refractivity contribution in [2.75, 3.05) is 13.2 Å². The Bertz CT molecular complexity index is 947. The van der Waals surface area contributed by atoms with Crippen LogP contribution in [0.3, 0.4) is 0 Å². The number of rotatable bonds is 3. The first-order valence-corrected chi connectivity index (χ1v) is 10.4. The number of nitrogens with one attached hydrogen (secondary N) is 1. The molecule has 2 aromatic carbocycles. The third kappa shape index (κ3) is 2.91. The van der Waals surface area contributed by atoms with Crippen LogP contribution in [0, 0.1) is 0 Å². The Morgan fingerprint density at radius 2 is 1.57 bits per heavy atom. The highest BCUT2D eigenvalue weighted by atomic mass is 32.1. The molecule has 3 heterocycles. The topological polar surface area (TPSA) is 47.6 Å². The summed E-state index contributed by atoms with van der Waals surface area (Å²) in [5, 5.41) is 5.49. The van der Waals surface area contributed by atoms with Gasteiger partial charge in [0.05, 0.1) is 11.5 Å². The van der Waals surface area contributed by atoms with Gasteiger partial charge in [-0.3, -0.25) is 4.79 Å². The molecule has 1 fully saturated rings. The van der Waals surface area contributed by atoms with Crippen molar-refractivity contribution in [3.05, 3.63) is 82.0 Å². The van der Waals surface area contributed by atoms with Gasteiger partial charge in [-0.15, -0.1) is 11.3 Å². The normalized spacial score (nSPS) is 17.9. The van der Waals surface area contributed by atoms with Crippen LogP contribution >= 0.6 is 11.3 Å². The molecule has 1 amide bonds. The van der Waals surface area contributed by atoms with E-state index in [1.54, 1.807) is 11.3 Å². The average molecular weight is 391 g/mol. The van der Waals surface area contributed by atoms with Crippen molar-refractivity contribution in [2.24, 2.45) is 0 Å². The highest BCUT2D eigenvalue weighted by Crippen LogP contribution is 2.45. The summed E-state index contributed by atoms with van der Waals surface area (Å²) in [5.41, 5.74) is 1.45. The molecule has 5 heteroatoms. The molecular formula is C23H21NO3S. The summed E-state index contributed by atoms with van der Waals surface area (Å²) in [6.07, 6.45) is 1.57. The van der Waals surface area contributed by atoms with Crippen LogP contribution in [0.1, 0.15) is 34.8 Å². The van der Waals surface area contributed by atoms with Gasteiger partial charge in [0, 0.05) is 29.2 Å². The van der Waals surface area contributed by atoms with Gasteiger partial charge in [-0.1, -0.05) is 42.5 Å². The number of fused-ring (bicyclic) bond motifs is 2. The minimum atomic E-state index is -0.388. The van der Waals surface area contributed by atoms with Gasteiger partial charge in [-0.2, -0.15) is 0 Å². The smallest absolute Gasteiger partial charge is 0.233 e. The minimum Gasteiger partial charge on any atom is -0.457 e. The number of carbonyl (C=O) groups excluding carboxylic acids is 1. The van der Waals surface area contributed by atoms with E-state index in [9.17, 15) is 4.79 Å². The van der Waals surface area contributed by atoms with Gasteiger partial charge in [0.15, 0.2) is 0 Å². The van der Waals surface area contributed by atoms with Crippen molar-refractivity contribution in [2.45, 2.75) is 24.3 Å². The number of amides is 1. The Morgan fingerprint density at radius 3 is 2.18 bits per heavy atom. The van der Waals surface area contributed by atoms with E-state index in [-0.39, 0.29) is 17.4 Å². The molecule has 0 atom stereocenters. The lowest BCUT2D eigenvalue weighted by molar-refractivity contribution is -0.125. The molecule has 4 nitrogen and oxygen atoms in total. The van der Waals surface area contributed by atoms with Crippen LogP contribution < -0.4 is 10.1 Å². The van der Waals surface area contributed by atoms with E-state index < -0.39 is 0 Å². The second-order valence-electron chi connectivity index (χ2n) is 7.27. The molecule has 1 saturated heterocycles. The summed E-state index contributed by atoms with van der Waals surface area (Å²) in [6, 6.07) is 19.8. The van der Waals surface area contributed by atoms with Crippen LogP contribution in [0.25, 0.3) is 0 Å². The van der Waals surface area contributed by atoms with E-state index in [1.165, 1.54) is 4.88 Å². The number of benzene rings is 2. The van der Waals surface area contributed by atoms with Crippen molar-refractivity contribution in [1.29, 1.82) is 0 Å². The fourth-order valence-electron chi connectivity index (χ4n) is 4.20. The summed E-state index contributed by atoms with van der Waals surface area (Å²) in [7, 11) is 0. The Hall–Kier alpha value is -2.63. The maximum Gasteiger partial charge on any atom is 0.233 e. The number of thiophene rings is 1. The van der Waals surface area contributed by atoms with Gasteiger partial charge in [0.1, 0.15) is 11.5 Å². The van der Waals surface area contributed by atoms with Crippen LogP contribution in [0.2, 0.25) is 0 Å². The third-order valence-corrected chi connectivity index (χ3v) is 6.72. The number of carbonyl (C=O) groups is 1. The molecule has 2 aliphatic rings. The monoisotopic (exact) mass is 391 g/mol. The standard InChI is InChI=1S/C23H21NO3S/c25-22(24-23(11-13-26-14-12-23)20-10-5-15-28-20)21-16-6-1-3-8-18(16)27-19-9-4-2-7-17(19)21/h1-10,15,21H,11-14H2,(H,24,25). The molecule has 0 unspecified atom stereocenters. The number of ether oxygens (including phenoxy) is 2. The van der Waals surface area contributed by atoms with Gasteiger partial charge in [-0.25, -0.2) is 0 Å². The zero-order valence-corrected chi connectivity index (χ0v) is 16.2. The molecule has 1 N–H and O–H groups in total. The highest BCUT2D eigenvalue weighted by molar-refractivity contribution is 7.10. The lowest BCUT2D eigenvalue weighted by Crippen LogP contribution is -2.50. The molecule has 0 aliphatic carbocycles. The van der Waals surface area contributed by atoms with Gasteiger partial charge in [0.2, 0.25) is 5.91 Å². The van der Waals surface area contributed by atoms with Gasteiger partial charge in [0.25, 0.3) is 0 Å². The van der Waals surface area contributed by atoms with Crippen LogP contribution in [-0.4, -0.2) is 19.1 Å². The van der Waals surface area contributed by atoms with E-state index in [0.717, 1.165) is 35.5 Å². The fourth-order valence-corrected chi connectivity index (χ4v) is 5.15. The maximum atomic E-state index is 13.7. The van der Waals surface area contributed by atoms with Crippen molar-refractivity contribution < 1.29 is 14.3 Å². The first-order chi connectivity index (χ1) is 13.8. The molecule has 0 spiro atoms. The van der Waals surface area contributed by atoms with Gasteiger partial charge < -0.3 is 14.8 Å². The first kappa shape index (κ1) is 17.5. The molecule has 2 aliphatic heterocycles. The van der Waals surface area contributed by atoms with Crippen LogP contribution in [0.4, 0.5) is 0 Å². The zero-order chi connectivity index (χ0) is 19.0. The van der Waals surface area contributed by atoms with Crippen molar-refractivity contribution in [1.82, 2.24) is 5.32 Å². The van der Waals surface area contributed by atoms with Crippen molar-refractivity contribution in [3.63, 3.8) is 0 Å². The Balaban J connectivity index is 1.55. The maximum absolute atomic E-state index is 13.7.